The molecule has 6 heteroatoms. The van der Waals surface area contributed by atoms with Gasteiger partial charge in [0, 0.05) is 22.7 Å². The van der Waals surface area contributed by atoms with Crippen LogP contribution in [0.2, 0.25) is 0 Å². The SMILES string of the molecule is CCCCCCN1CCC(c2n[nH]c3ccc(NC(=S)Nc4ccccc4)cc23)CC1. The number of H-pyrrole nitrogens is 1. The Bertz CT molecular complexity index is 976. The highest BCUT2D eigenvalue weighted by atomic mass is 32.1. The fraction of sp³-hybridized carbons (Fsp3) is 0.440. The van der Waals surface area contributed by atoms with Crippen LogP contribution in [0.4, 0.5) is 11.4 Å². The lowest BCUT2D eigenvalue weighted by Gasteiger charge is -2.31. The van der Waals surface area contributed by atoms with E-state index in [9.17, 15) is 0 Å². The summed E-state index contributed by atoms with van der Waals surface area (Å²) in [5.41, 5.74) is 4.25. The molecule has 0 saturated carbocycles. The van der Waals surface area contributed by atoms with Crippen LogP contribution < -0.4 is 10.6 Å². The summed E-state index contributed by atoms with van der Waals surface area (Å²) in [4.78, 5) is 2.63. The Kier molecular flexibility index (Phi) is 7.54. The predicted octanol–water partition coefficient (Wildman–Crippen LogP) is 6.13. The summed E-state index contributed by atoms with van der Waals surface area (Å²) < 4.78 is 0. The van der Waals surface area contributed by atoms with E-state index in [-0.39, 0.29) is 0 Å². The Labute approximate surface area is 190 Å². The number of likely N-dealkylation sites (tertiary alicyclic amines) is 1. The Morgan fingerprint density at radius 3 is 2.58 bits per heavy atom. The number of thiocarbonyl (C=S) groups is 1. The minimum absolute atomic E-state index is 0.519. The molecule has 3 aromatic rings. The molecule has 1 aromatic heterocycles. The first kappa shape index (κ1) is 21.8. The number of piperidine rings is 1. The van der Waals surface area contributed by atoms with Crippen LogP contribution in [0.15, 0.2) is 48.5 Å². The van der Waals surface area contributed by atoms with E-state index >= 15 is 0 Å². The Morgan fingerprint density at radius 2 is 1.81 bits per heavy atom. The van der Waals surface area contributed by atoms with Crippen molar-refractivity contribution in [2.24, 2.45) is 0 Å². The summed E-state index contributed by atoms with van der Waals surface area (Å²) in [6.45, 7) is 5.87. The highest BCUT2D eigenvalue weighted by Crippen LogP contribution is 2.32. The van der Waals surface area contributed by atoms with Crippen molar-refractivity contribution in [1.82, 2.24) is 15.1 Å². The van der Waals surface area contributed by atoms with Gasteiger partial charge in [-0.25, -0.2) is 0 Å². The minimum atomic E-state index is 0.519. The number of rotatable bonds is 8. The van der Waals surface area contributed by atoms with Crippen LogP contribution in [0.25, 0.3) is 10.9 Å². The molecule has 2 heterocycles. The van der Waals surface area contributed by atoms with E-state index in [1.165, 1.54) is 69.2 Å². The zero-order chi connectivity index (χ0) is 21.5. The third-order valence-corrected chi connectivity index (χ3v) is 6.39. The van der Waals surface area contributed by atoms with Crippen molar-refractivity contribution in [3.63, 3.8) is 0 Å². The zero-order valence-corrected chi connectivity index (χ0v) is 19.2. The van der Waals surface area contributed by atoms with Gasteiger partial charge in [0.25, 0.3) is 0 Å². The second-order valence-corrected chi connectivity index (χ2v) is 8.90. The van der Waals surface area contributed by atoms with E-state index in [2.05, 4.69) is 39.7 Å². The molecule has 1 saturated heterocycles. The summed E-state index contributed by atoms with van der Waals surface area (Å²) in [7, 11) is 0. The highest BCUT2D eigenvalue weighted by Gasteiger charge is 2.24. The molecule has 0 amide bonds. The lowest BCUT2D eigenvalue weighted by molar-refractivity contribution is 0.207. The van der Waals surface area contributed by atoms with Gasteiger partial charge in [0.1, 0.15) is 0 Å². The van der Waals surface area contributed by atoms with Gasteiger partial charge in [0.2, 0.25) is 0 Å². The number of hydrogen-bond acceptors (Lipinski definition) is 3. The molecular weight excluding hydrogens is 402 g/mol. The zero-order valence-electron chi connectivity index (χ0n) is 18.4. The van der Waals surface area contributed by atoms with E-state index in [4.69, 9.17) is 17.3 Å². The third kappa shape index (κ3) is 5.83. The van der Waals surface area contributed by atoms with Crippen molar-refractivity contribution >= 4 is 39.6 Å². The van der Waals surface area contributed by atoms with Gasteiger partial charge in [-0.1, -0.05) is 44.4 Å². The van der Waals surface area contributed by atoms with Gasteiger partial charge in [0.15, 0.2) is 5.11 Å². The number of aromatic nitrogens is 2. The first-order chi connectivity index (χ1) is 15.2. The second-order valence-electron chi connectivity index (χ2n) is 8.49. The number of aromatic amines is 1. The van der Waals surface area contributed by atoms with Crippen LogP contribution >= 0.6 is 12.2 Å². The molecule has 0 unspecified atom stereocenters. The standard InChI is InChI=1S/C25H33N5S/c1-2-3-4-8-15-30-16-13-19(14-17-30)24-22-18-21(11-12-23(22)28-29-24)27-25(31)26-20-9-6-5-7-10-20/h5-7,9-12,18-19H,2-4,8,13-17H2,1H3,(H,28,29)(H2,26,27,31). The first-order valence-corrected chi connectivity index (χ1v) is 12.0. The first-order valence-electron chi connectivity index (χ1n) is 11.6. The molecular formula is C25H33N5S. The number of anilines is 2. The molecule has 0 atom stereocenters. The lowest BCUT2D eigenvalue weighted by atomic mass is 9.91. The Balaban J connectivity index is 1.37. The van der Waals surface area contributed by atoms with E-state index < -0.39 is 0 Å². The maximum absolute atomic E-state index is 5.49. The van der Waals surface area contributed by atoms with Crippen LogP contribution in [-0.4, -0.2) is 39.8 Å². The number of unbranched alkanes of at least 4 members (excludes halogenated alkanes) is 3. The fourth-order valence-corrected chi connectivity index (χ4v) is 4.67. The molecule has 31 heavy (non-hydrogen) atoms. The molecule has 0 radical (unpaired) electrons. The summed E-state index contributed by atoms with van der Waals surface area (Å²) >= 11 is 5.49. The number of benzene rings is 2. The number of fused-ring (bicyclic) bond motifs is 1. The van der Waals surface area contributed by atoms with Crippen LogP contribution in [0.5, 0.6) is 0 Å². The van der Waals surface area contributed by atoms with Crippen LogP contribution in [-0.2, 0) is 0 Å². The summed E-state index contributed by atoms with van der Waals surface area (Å²) in [5.74, 6) is 0.519. The number of nitrogens with zero attached hydrogens (tertiary/aromatic N) is 2. The van der Waals surface area contributed by atoms with Crippen LogP contribution in [0.3, 0.4) is 0 Å². The van der Waals surface area contributed by atoms with Gasteiger partial charge in [-0.3, -0.25) is 5.10 Å². The summed E-state index contributed by atoms with van der Waals surface area (Å²) in [6.07, 6.45) is 7.71. The van der Waals surface area contributed by atoms with Crippen LogP contribution in [0.1, 0.15) is 57.1 Å². The van der Waals surface area contributed by atoms with Crippen molar-refractivity contribution in [3.05, 3.63) is 54.2 Å². The quantitative estimate of drug-likeness (QED) is 0.293. The molecule has 1 aliphatic heterocycles. The summed E-state index contributed by atoms with van der Waals surface area (Å²) in [6, 6.07) is 16.3. The predicted molar refractivity (Wildman–Crippen MR) is 135 cm³/mol. The van der Waals surface area contributed by atoms with Crippen molar-refractivity contribution < 1.29 is 0 Å². The van der Waals surface area contributed by atoms with Crippen LogP contribution in [0, 0.1) is 0 Å². The fourth-order valence-electron chi connectivity index (χ4n) is 4.43. The molecule has 164 valence electrons. The maximum Gasteiger partial charge on any atom is 0.175 e. The molecule has 0 aliphatic carbocycles. The third-order valence-electron chi connectivity index (χ3n) is 6.18. The van der Waals surface area contributed by atoms with E-state index in [1.807, 2.05) is 36.4 Å². The van der Waals surface area contributed by atoms with E-state index in [0.29, 0.717) is 11.0 Å². The second kappa shape index (κ2) is 10.7. The van der Waals surface area contributed by atoms with Crippen molar-refractivity contribution in [2.75, 3.05) is 30.3 Å². The van der Waals surface area contributed by atoms with Gasteiger partial charge >= 0.3 is 0 Å². The van der Waals surface area contributed by atoms with Crippen molar-refractivity contribution in [2.45, 2.75) is 51.4 Å². The van der Waals surface area contributed by atoms with Crippen molar-refractivity contribution in [3.8, 4) is 0 Å². The monoisotopic (exact) mass is 435 g/mol. The lowest BCUT2D eigenvalue weighted by Crippen LogP contribution is -2.33. The maximum atomic E-state index is 5.49. The topological polar surface area (TPSA) is 56.0 Å². The van der Waals surface area contributed by atoms with Gasteiger partial charge < -0.3 is 15.5 Å². The minimum Gasteiger partial charge on any atom is -0.332 e. The average molecular weight is 436 g/mol. The highest BCUT2D eigenvalue weighted by molar-refractivity contribution is 7.80. The summed E-state index contributed by atoms with van der Waals surface area (Å²) in [5, 5.41) is 16.3. The van der Waals surface area contributed by atoms with Gasteiger partial charge in [0.05, 0.1) is 11.2 Å². The molecule has 0 bridgehead atoms. The average Bonchev–Trinajstić information content (AvgIpc) is 3.21. The van der Waals surface area contributed by atoms with Crippen molar-refractivity contribution in [1.29, 1.82) is 0 Å². The number of para-hydroxylation sites is 1. The Morgan fingerprint density at radius 1 is 1.03 bits per heavy atom. The molecule has 3 N–H and O–H groups in total. The van der Waals surface area contributed by atoms with Gasteiger partial charge in [-0.05, 0) is 81.4 Å². The van der Waals surface area contributed by atoms with Gasteiger partial charge in [-0.15, -0.1) is 0 Å². The van der Waals surface area contributed by atoms with E-state index in [1.54, 1.807) is 0 Å². The molecule has 0 spiro atoms. The van der Waals surface area contributed by atoms with Gasteiger partial charge in [-0.2, -0.15) is 5.10 Å². The molecule has 1 aliphatic rings. The molecule has 1 fully saturated rings. The molecule has 2 aromatic carbocycles. The number of nitrogens with one attached hydrogen (secondary N) is 3. The number of hydrogen-bond donors (Lipinski definition) is 3. The smallest absolute Gasteiger partial charge is 0.175 e. The normalized spacial score (nSPS) is 15.3. The molecule has 4 rings (SSSR count). The Hall–Kier alpha value is -2.44. The largest absolute Gasteiger partial charge is 0.332 e. The molecule has 5 nitrogen and oxygen atoms in total. The van der Waals surface area contributed by atoms with E-state index in [0.717, 1.165) is 16.9 Å².